The Labute approximate surface area is 125 Å². The van der Waals surface area contributed by atoms with Gasteiger partial charge < -0.3 is 4.90 Å². The molecule has 20 heavy (non-hydrogen) atoms. The number of amides is 1. The Morgan fingerprint density at radius 2 is 1.95 bits per heavy atom. The predicted molar refractivity (Wildman–Crippen MR) is 81.3 cm³/mol. The van der Waals surface area contributed by atoms with Gasteiger partial charge >= 0.3 is 0 Å². The van der Waals surface area contributed by atoms with Gasteiger partial charge in [0.05, 0.1) is 0 Å². The number of carbonyl (C=O) groups excluding carboxylic acids is 1. The van der Waals surface area contributed by atoms with Crippen LogP contribution < -0.4 is 0 Å². The van der Waals surface area contributed by atoms with Gasteiger partial charge in [-0.1, -0.05) is 25.4 Å². The van der Waals surface area contributed by atoms with E-state index in [-0.39, 0.29) is 5.91 Å². The molecule has 0 radical (unpaired) electrons. The van der Waals surface area contributed by atoms with Gasteiger partial charge in [0.2, 0.25) is 0 Å². The molecule has 0 aliphatic carbocycles. The van der Waals surface area contributed by atoms with Crippen molar-refractivity contribution in [1.82, 2.24) is 14.8 Å². The molecule has 5 heteroatoms. The molecule has 0 saturated carbocycles. The normalized spacial score (nSPS) is 16.4. The quantitative estimate of drug-likeness (QED) is 0.801. The van der Waals surface area contributed by atoms with E-state index in [9.17, 15) is 4.79 Å². The van der Waals surface area contributed by atoms with Crippen LogP contribution in [0.5, 0.6) is 0 Å². The molecule has 0 bridgehead atoms. The van der Waals surface area contributed by atoms with Gasteiger partial charge in [-0.05, 0) is 31.5 Å². The zero-order valence-corrected chi connectivity index (χ0v) is 13.0. The minimum atomic E-state index is 0.0696. The lowest BCUT2D eigenvalue weighted by atomic mass is 10.1. The fraction of sp³-hybridized carbons (Fsp3) is 0.600. The zero-order valence-electron chi connectivity index (χ0n) is 12.2. The van der Waals surface area contributed by atoms with Crippen LogP contribution in [0.25, 0.3) is 0 Å². The molecular formula is C15H22ClN3O. The first-order chi connectivity index (χ1) is 9.63. The van der Waals surface area contributed by atoms with Crippen LogP contribution in [0.3, 0.4) is 0 Å². The number of hydrogen-bond acceptors (Lipinski definition) is 3. The number of pyridine rings is 1. The van der Waals surface area contributed by atoms with Crippen LogP contribution in [0.15, 0.2) is 12.1 Å². The molecule has 2 heterocycles. The highest BCUT2D eigenvalue weighted by atomic mass is 35.5. The Balaban J connectivity index is 2.03. The fourth-order valence-electron chi connectivity index (χ4n) is 2.53. The highest BCUT2D eigenvalue weighted by molar-refractivity contribution is 6.29. The molecule has 1 aromatic heterocycles. The average Bonchev–Trinajstić information content (AvgIpc) is 2.47. The van der Waals surface area contributed by atoms with Crippen molar-refractivity contribution < 1.29 is 4.79 Å². The number of rotatable bonds is 4. The summed E-state index contributed by atoms with van der Waals surface area (Å²) in [5.74, 6) is 0.0696. The molecule has 1 saturated heterocycles. The predicted octanol–water partition coefficient (Wildman–Crippen LogP) is 2.47. The van der Waals surface area contributed by atoms with Gasteiger partial charge in [-0.25, -0.2) is 4.98 Å². The summed E-state index contributed by atoms with van der Waals surface area (Å²) >= 11 is 5.99. The van der Waals surface area contributed by atoms with E-state index in [4.69, 9.17) is 11.6 Å². The van der Waals surface area contributed by atoms with Gasteiger partial charge in [0.1, 0.15) is 5.15 Å². The van der Waals surface area contributed by atoms with Crippen molar-refractivity contribution in [3.05, 3.63) is 28.5 Å². The Bertz CT molecular complexity index is 470. The van der Waals surface area contributed by atoms with Gasteiger partial charge in [0.25, 0.3) is 5.91 Å². The Morgan fingerprint density at radius 1 is 1.25 bits per heavy atom. The summed E-state index contributed by atoms with van der Waals surface area (Å²) in [4.78, 5) is 21.0. The SMILES string of the molecule is CCCN1CCN(C(=O)c2cc(Cl)nc(CC)c2)CC1. The molecule has 110 valence electrons. The molecule has 0 spiro atoms. The molecular weight excluding hydrogens is 274 g/mol. The Hall–Kier alpha value is -1.13. The van der Waals surface area contributed by atoms with E-state index in [0.717, 1.165) is 51.3 Å². The zero-order chi connectivity index (χ0) is 14.5. The van der Waals surface area contributed by atoms with Gasteiger partial charge in [0, 0.05) is 37.4 Å². The van der Waals surface area contributed by atoms with E-state index >= 15 is 0 Å². The van der Waals surface area contributed by atoms with E-state index < -0.39 is 0 Å². The maximum Gasteiger partial charge on any atom is 0.254 e. The van der Waals surface area contributed by atoms with Crippen LogP contribution in [0, 0.1) is 0 Å². The average molecular weight is 296 g/mol. The highest BCUT2D eigenvalue weighted by Gasteiger charge is 2.22. The van der Waals surface area contributed by atoms with Crippen molar-refractivity contribution in [2.75, 3.05) is 32.7 Å². The van der Waals surface area contributed by atoms with Crippen molar-refractivity contribution >= 4 is 17.5 Å². The van der Waals surface area contributed by atoms with E-state index in [2.05, 4.69) is 16.8 Å². The number of aromatic nitrogens is 1. The van der Waals surface area contributed by atoms with Crippen LogP contribution in [-0.4, -0.2) is 53.4 Å². The summed E-state index contributed by atoms with van der Waals surface area (Å²) in [6.45, 7) is 8.81. The topological polar surface area (TPSA) is 36.4 Å². The van der Waals surface area contributed by atoms with Gasteiger partial charge in [-0.3, -0.25) is 9.69 Å². The first-order valence-corrected chi connectivity index (χ1v) is 7.70. The van der Waals surface area contributed by atoms with Crippen LogP contribution in [-0.2, 0) is 6.42 Å². The lowest BCUT2D eigenvalue weighted by Gasteiger charge is -2.34. The van der Waals surface area contributed by atoms with Crippen molar-refractivity contribution in [2.45, 2.75) is 26.7 Å². The first-order valence-electron chi connectivity index (χ1n) is 7.32. The summed E-state index contributed by atoms with van der Waals surface area (Å²) in [5.41, 5.74) is 1.52. The summed E-state index contributed by atoms with van der Waals surface area (Å²) < 4.78 is 0. The number of aryl methyl sites for hydroxylation is 1. The Morgan fingerprint density at radius 3 is 2.55 bits per heavy atom. The molecule has 1 aliphatic heterocycles. The second-order valence-electron chi connectivity index (χ2n) is 5.16. The maximum atomic E-state index is 12.5. The van der Waals surface area contributed by atoms with Crippen LogP contribution in [0.2, 0.25) is 5.15 Å². The summed E-state index contributed by atoms with van der Waals surface area (Å²) in [5, 5.41) is 0.400. The fourth-order valence-corrected chi connectivity index (χ4v) is 2.76. The summed E-state index contributed by atoms with van der Waals surface area (Å²) in [6, 6.07) is 3.52. The van der Waals surface area contributed by atoms with E-state index in [1.165, 1.54) is 0 Å². The minimum absolute atomic E-state index is 0.0696. The third kappa shape index (κ3) is 3.70. The molecule has 1 aromatic rings. The van der Waals surface area contributed by atoms with E-state index in [0.29, 0.717) is 10.7 Å². The minimum Gasteiger partial charge on any atom is -0.336 e. The van der Waals surface area contributed by atoms with Crippen LogP contribution in [0.1, 0.15) is 36.3 Å². The lowest BCUT2D eigenvalue weighted by Crippen LogP contribution is -2.48. The number of halogens is 1. The van der Waals surface area contributed by atoms with Gasteiger partial charge in [-0.15, -0.1) is 0 Å². The number of nitrogens with zero attached hydrogens (tertiary/aromatic N) is 3. The monoisotopic (exact) mass is 295 g/mol. The third-order valence-electron chi connectivity index (χ3n) is 3.66. The smallest absolute Gasteiger partial charge is 0.254 e. The van der Waals surface area contributed by atoms with Crippen molar-refractivity contribution in [3.63, 3.8) is 0 Å². The summed E-state index contributed by atoms with van der Waals surface area (Å²) in [7, 11) is 0. The molecule has 1 aliphatic rings. The number of carbonyl (C=O) groups is 1. The van der Waals surface area contributed by atoms with E-state index in [1.54, 1.807) is 6.07 Å². The first kappa shape index (κ1) is 15.3. The second-order valence-corrected chi connectivity index (χ2v) is 5.54. The van der Waals surface area contributed by atoms with Gasteiger partial charge in [0.15, 0.2) is 0 Å². The largest absolute Gasteiger partial charge is 0.336 e. The molecule has 0 N–H and O–H groups in total. The highest BCUT2D eigenvalue weighted by Crippen LogP contribution is 2.15. The van der Waals surface area contributed by atoms with Crippen LogP contribution in [0.4, 0.5) is 0 Å². The second kappa shape index (κ2) is 7.04. The molecule has 4 nitrogen and oxygen atoms in total. The van der Waals surface area contributed by atoms with Crippen molar-refractivity contribution in [3.8, 4) is 0 Å². The van der Waals surface area contributed by atoms with E-state index in [1.807, 2.05) is 17.9 Å². The Kier molecular flexibility index (Phi) is 5.38. The van der Waals surface area contributed by atoms with Gasteiger partial charge in [-0.2, -0.15) is 0 Å². The molecule has 1 amide bonds. The maximum absolute atomic E-state index is 12.5. The standard InChI is InChI=1S/C15H22ClN3O/c1-3-5-18-6-8-19(9-7-18)15(20)12-10-13(4-2)17-14(16)11-12/h10-11H,3-9H2,1-2H3. The molecule has 0 aromatic carbocycles. The molecule has 2 rings (SSSR count). The lowest BCUT2D eigenvalue weighted by molar-refractivity contribution is 0.0637. The number of piperazine rings is 1. The molecule has 1 fully saturated rings. The molecule has 0 unspecified atom stereocenters. The number of hydrogen-bond donors (Lipinski definition) is 0. The third-order valence-corrected chi connectivity index (χ3v) is 3.85. The van der Waals surface area contributed by atoms with Crippen molar-refractivity contribution in [2.24, 2.45) is 0 Å². The van der Waals surface area contributed by atoms with Crippen molar-refractivity contribution in [1.29, 1.82) is 0 Å². The summed E-state index contributed by atoms with van der Waals surface area (Å²) in [6.07, 6.45) is 1.94. The molecule has 0 atom stereocenters. The van der Waals surface area contributed by atoms with Crippen LogP contribution >= 0.6 is 11.6 Å².